The summed E-state index contributed by atoms with van der Waals surface area (Å²) in [6, 6.07) is 4.15. The van der Waals surface area contributed by atoms with Crippen molar-refractivity contribution < 1.29 is 18.7 Å². The molecule has 0 saturated carbocycles. The average molecular weight is 226 g/mol. The summed E-state index contributed by atoms with van der Waals surface area (Å²) in [6.07, 6.45) is 0. The fourth-order valence-electron chi connectivity index (χ4n) is 1.28. The van der Waals surface area contributed by atoms with Gasteiger partial charge in [0.1, 0.15) is 12.4 Å². The smallest absolute Gasteiger partial charge is 0.188 e. The number of carbonyl (C=O) groups excluding carboxylic acids is 1. The highest BCUT2D eigenvalue weighted by Crippen LogP contribution is 2.11. The quantitative estimate of drug-likeness (QED) is 0.549. The summed E-state index contributed by atoms with van der Waals surface area (Å²) in [6.45, 7) is 2.52. The van der Waals surface area contributed by atoms with Crippen LogP contribution in [0.5, 0.6) is 0 Å². The maximum Gasteiger partial charge on any atom is 0.188 e. The Hall–Kier alpha value is -1.26. The van der Waals surface area contributed by atoms with Gasteiger partial charge in [-0.2, -0.15) is 0 Å². The Morgan fingerprint density at radius 1 is 1.38 bits per heavy atom. The highest BCUT2D eigenvalue weighted by molar-refractivity contribution is 5.98. The summed E-state index contributed by atoms with van der Waals surface area (Å²) in [5, 5.41) is 0. The van der Waals surface area contributed by atoms with E-state index in [2.05, 4.69) is 0 Å². The number of hydrogen-bond donors (Lipinski definition) is 0. The monoisotopic (exact) mass is 226 g/mol. The molecule has 88 valence electrons. The number of carbonyl (C=O) groups is 1. The molecule has 1 rings (SSSR count). The fourth-order valence-corrected chi connectivity index (χ4v) is 1.28. The molecule has 1 aromatic carbocycles. The molecular formula is C12H15FO3. The minimum atomic E-state index is -0.411. The SMILES string of the molecule is COCCOCC(=O)c1cc(F)ccc1C. The molecule has 4 heteroatoms. The fraction of sp³-hybridized carbons (Fsp3) is 0.417. The van der Waals surface area contributed by atoms with Crippen molar-refractivity contribution in [2.45, 2.75) is 6.92 Å². The number of Topliss-reactive ketones (excluding diaryl/α,β-unsaturated/α-hetero) is 1. The Kier molecular flexibility index (Phi) is 5.08. The number of hydrogen-bond acceptors (Lipinski definition) is 3. The first-order valence-corrected chi connectivity index (χ1v) is 5.01. The molecule has 1 aromatic rings. The van der Waals surface area contributed by atoms with E-state index in [1.54, 1.807) is 20.1 Å². The summed E-state index contributed by atoms with van der Waals surface area (Å²) >= 11 is 0. The molecule has 0 saturated heterocycles. The van der Waals surface area contributed by atoms with Crippen molar-refractivity contribution >= 4 is 5.78 Å². The number of rotatable bonds is 6. The van der Waals surface area contributed by atoms with Crippen molar-refractivity contribution in [1.29, 1.82) is 0 Å². The van der Waals surface area contributed by atoms with Gasteiger partial charge in [-0.25, -0.2) is 4.39 Å². The summed E-state index contributed by atoms with van der Waals surface area (Å²) in [7, 11) is 1.56. The third-order valence-corrected chi connectivity index (χ3v) is 2.16. The van der Waals surface area contributed by atoms with Crippen LogP contribution in [0.3, 0.4) is 0 Å². The van der Waals surface area contributed by atoms with Crippen LogP contribution < -0.4 is 0 Å². The van der Waals surface area contributed by atoms with Crippen LogP contribution in [0, 0.1) is 12.7 Å². The highest BCUT2D eigenvalue weighted by Gasteiger charge is 2.10. The molecule has 0 fully saturated rings. The summed E-state index contributed by atoms with van der Waals surface area (Å²) in [5.41, 5.74) is 1.12. The van der Waals surface area contributed by atoms with E-state index in [9.17, 15) is 9.18 Å². The predicted molar refractivity (Wildman–Crippen MR) is 58.2 cm³/mol. The lowest BCUT2D eigenvalue weighted by Crippen LogP contribution is -2.13. The second-order valence-corrected chi connectivity index (χ2v) is 3.43. The maximum atomic E-state index is 12.9. The number of ether oxygens (including phenoxy) is 2. The zero-order valence-corrected chi connectivity index (χ0v) is 9.46. The Labute approximate surface area is 94.2 Å². The Morgan fingerprint density at radius 2 is 2.12 bits per heavy atom. The van der Waals surface area contributed by atoms with E-state index in [-0.39, 0.29) is 12.4 Å². The standard InChI is InChI=1S/C12H15FO3/c1-9-3-4-10(13)7-11(9)12(14)8-16-6-5-15-2/h3-4,7H,5-6,8H2,1-2H3. The van der Waals surface area contributed by atoms with Crippen LogP contribution in [0.1, 0.15) is 15.9 Å². The van der Waals surface area contributed by atoms with Crippen molar-refractivity contribution in [2.24, 2.45) is 0 Å². The third-order valence-electron chi connectivity index (χ3n) is 2.16. The molecule has 16 heavy (non-hydrogen) atoms. The van der Waals surface area contributed by atoms with Crippen LogP contribution in [0.25, 0.3) is 0 Å². The second-order valence-electron chi connectivity index (χ2n) is 3.43. The molecule has 0 N–H and O–H groups in total. The van der Waals surface area contributed by atoms with Gasteiger partial charge in [0.2, 0.25) is 0 Å². The zero-order chi connectivity index (χ0) is 12.0. The molecule has 0 radical (unpaired) electrons. The molecule has 3 nitrogen and oxygen atoms in total. The maximum absolute atomic E-state index is 12.9. The van der Waals surface area contributed by atoms with E-state index >= 15 is 0 Å². The van der Waals surface area contributed by atoms with Gasteiger partial charge in [-0.05, 0) is 24.6 Å². The lowest BCUT2D eigenvalue weighted by Gasteiger charge is -2.06. The van der Waals surface area contributed by atoms with Crippen molar-refractivity contribution in [3.05, 3.63) is 35.1 Å². The Balaban J connectivity index is 2.55. The van der Waals surface area contributed by atoms with E-state index in [0.717, 1.165) is 5.56 Å². The van der Waals surface area contributed by atoms with Crippen LogP contribution in [-0.2, 0) is 9.47 Å². The minimum Gasteiger partial charge on any atom is -0.382 e. The summed E-state index contributed by atoms with van der Waals surface area (Å²) in [5.74, 6) is -0.626. The van der Waals surface area contributed by atoms with Gasteiger partial charge in [0, 0.05) is 12.7 Å². The molecule has 0 spiro atoms. The Bertz CT molecular complexity index is 363. The molecule has 0 aliphatic carbocycles. The van der Waals surface area contributed by atoms with Crippen molar-refractivity contribution in [2.75, 3.05) is 26.9 Å². The number of halogens is 1. The van der Waals surface area contributed by atoms with E-state index in [1.807, 2.05) is 0 Å². The summed E-state index contributed by atoms with van der Waals surface area (Å²) < 4.78 is 22.8. The van der Waals surface area contributed by atoms with Gasteiger partial charge >= 0.3 is 0 Å². The normalized spacial score (nSPS) is 10.4. The number of methoxy groups -OCH3 is 1. The molecular weight excluding hydrogens is 211 g/mol. The third kappa shape index (κ3) is 3.72. The average Bonchev–Trinajstić information content (AvgIpc) is 2.27. The molecule has 0 aliphatic heterocycles. The molecule has 0 bridgehead atoms. The second kappa shape index (κ2) is 6.35. The number of aryl methyl sites for hydroxylation is 1. The number of benzene rings is 1. The molecule has 0 atom stereocenters. The van der Waals surface area contributed by atoms with Gasteiger partial charge in [0.05, 0.1) is 13.2 Å². The van der Waals surface area contributed by atoms with Gasteiger partial charge in [-0.15, -0.1) is 0 Å². The van der Waals surface area contributed by atoms with Gasteiger partial charge in [0.25, 0.3) is 0 Å². The van der Waals surface area contributed by atoms with Crippen molar-refractivity contribution in [3.63, 3.8) is 0 Å². The van der Waals surface area contributed by atoms with Gasteiger partial charge in [-0.1, -0.05) is 6.07 Å². The molecule has 0 aliphatic rings. The largest absolute Gasteiger partial charge is 0.382 e. The first-order valence-electron chi connectivity index (χ1n) is 5.01. The number of ketones is 1. The van der Waals surface area contributed by atoms with Crippen LogP contribution in [0.15, 0.2) is 18.2 Å². The molecule has 0 heterocycles. The van der Waals surface area contributed by atoms with Gasteiger partial charge in [0.15, 0.2) is 5.78 Å². The lowest BCUT2D eigenvalue weighted by molar-refractivity contribution is 0.0576. The molecule has 0 aromatic heterocycles. The van der Waals surface area contributed by atoms with E-state index in [0.29, 0.717) is 18.8 Å². The molecule has 0 amide bonds. The van der Waals surface area contributed by atoms with Crippen LogP contribution in [0.4, 0.5) is 4.39 Å². The summed E-state index contributed by atoms with van der Waals surface area (Å²) in [4.78, 5) is 11.6. The van der Waals surface area contributed by atoms with Crippen molar-refractivity contribution in [3.8, 4) is 0 Å². The molecule has 0 unspecified atom stereocenters. The van der Waals surface area contributed by atoms with E-state index in [4.69, 9.17) is 9.47 Å². The minimum absolute atomic E-state index is 0.0480. The van der Waals surface area contributed by atoms with E-state index in [1.165, 1.54) is 12.1 Å². The first-order chi connectivity index (χ1) is 7.65. The zero-order valence-electron chi connectivity index (χ0n) is 9.46. The topological polar surface area (TPSA) is 35.5 Å². The van der Waals surface area contributed by atoms with Gasteiger partial charge in [-0.3, -0.25) is 4.79 Å². The Morgan fingerprint density at radius 3 is 2.81 bits per heavy atom. The highest BCUT2D eigenvalue weighted by atomic mass is 19.1. The van der Waals surface area contributed by atoms with Crippen LogP contribution in [-0.4, -0.2) is 32.7 Å². The first kappa shape index (κ1) is 12.8. The van der Waals surface area contributed by atoms with Crippen LogP contribution >= 0.6 is 0 Å². The van der Waals surface area contributed by atoms with E-state index < -0.39 is 5.82 Å². The predicted octanol–water partition coefficient (Wildman–Crippen LogP) is 1.98. The van der Waals surface area contributed by atoms with Crippen molar-refractivity contribution in [1.82, 2.24) is 0 Å². The van der Waals surface area contributed by atoms with Crippen LogP contribution in [0.2, 0.25) is 0 Å². The lowest BCUT2D eigenvalue weighted by atomic mass is 10.1. The van der Waals surface area contributed by atoms with Gasteiger partial charge < -0.3 is 9.47 Å².